The Bertz CT molecular complexity index is 206. The van der Waals surface area contributed by atoms with E-state index in [4.69, 9.17) is 4.79 Å². The van der Waals surface area contributed by atoms with Gasteiger partial charge in [-0.15, -0.1) is 0 Å². The van der Waals surface area contributed by atoms with Crippen LogP contribution >= 0.6 is 0 Å². The molecule has 0 atom stereocenters. The zero-order valence-electron chi connectivity index (χ0n) is 6.66. The molecule has 0 heterocycles. The number of rotatable bonds is 1. The molecule has 0 saturated carbocycles. The van der Waals surface area contributed by atoms with Crippen molar-refractivity contribution in [2.45, 2.75) is 0 Å². The molecule has 52 valence electrons. The van der Waals surface area contributed by atoms with Gasteiger partial charge in [0.15, 0.2) is 0 Å². The van der Waals surface area contributed by atoms with Crippen molar-refractivity contribution in [1.29, 1.82) is 0 Å². The van der Waals surface area contributed by atoms with Gasteiger partial charge in [0.1, 0.15) is 6.79 Å². The molecule has 1 aromatic carbocycles. The molecule has 0 N–H and O–H groups in total. The predicted molar refractivity (Wildman–Crippen MR) is 48.4 cm³/mol. The summed E-state index contributed by atoms with van der Waals surface area (Å²) in [6.07, 6.45) is 2.15. The van der Waals surface area contributed by atoms with E-state index in [1.54, 1.807) is 0 Å². The molecule has 1 nitrogen and oxygen atoms in total. The predicted octanol–water partition coefficient (Wildman–Crippen LogP) is 1.64. The van der Waals surface area contributed by atoms with Crippen molar-refractivity contribution >= 4 is 40.8 Å². The Kier molecular flexibility index (Phi) is 7.47. The van der Waals surface area contributed by atoms with E-state index in [0.717, 1.165) is 27.9 Å². The van der Waals surface area contributed by atoms with Gasteiger partial charge in [-0.05, 0) is 0 Å². The molecule has 0 radical (unpaired) electrons. The molecule has 0 aliphatic heterocycles. The van der Waals surface area contributed by atoms with Gasteiger partial charge in [0.05, 0.1) is 0 Å². The molecule has 0 spiro atoms. The molecular formula is C9H9NaO. The van der Waals surface area contributed by atoms with Crippen molar-refractivity contribution in [2.24, 2.45) is 0 Å². The summed E-state index contributed by atoms with van der Waals surface area (Å²) in [5.74, 6) is 0. The Balaban J connectivity index is 0.000000461. The van der Waals surface area contributed by atoms with Gasteiger partial charge in [-0.2, -0.15) is 0 Å². The van der Waals surface area contributed by atoms with Crippen molar-refractivity contribution < 1.29 is 4.79 Å². The Labute approximate surface area is 84.5 Å². The van der Waals surface area contributed by atoms with E-state index in [0.29, 0.717) is 0 Å². The SMILES string of the molecule is C=O.[Na][CH]=Cc1ccccc1. The minimum atomic E-state index is 1.14. The van der Waals surface area contributed by atoms with Gasteiger partial charge in [0, 0.05) is 0 Å². The van der Waals surface area contributed by atoms with E-state index < -0.39 is 0 Å². The van der Waals surface area contributed by atoms with Gasteiger partial charge >= 0.3 is 73.2 Å². The molecule has 0 aromatic heterocycles. The second-order valence-corrected chi connectivity index (χ2v) is 2.58. The van der Waals surface area contributed by atoms with E-state index in [9.17, 15) is 0 Å². The zero-order valence-corrected chi connectivity index (χ0v) is 8.66. The molecular weight excluding hydrogens is 147 g/mol. The maximum atomic E-state index is 8.00. The molecule has 1 rings (SSSR count). The Hall–Kier alpha value is -0.370. The van der Waals surface area contributed by atoms with Crippen molar-refractivity contribution in [2.75, 3.05) is 0 Å². The maximum absolute atomic E-state index is 8.00. The van der Waals surface area contributed by atoms with Gasteiger partial charge in [0.2, 0.25) is 0 Å². The van der Waals surface area contributed by atoms with Crippen molar-refractivity contribution in [3.05, 3.63) is 39.2 Å². The molecule has 0 fully saturated rings. The third-order valence-electron chi connectivity index (χ3n) is 1.16. The van der Waals surface area contributed by atoms with Crippen LogP contribution in [0.4, 0.5) is 0 Å². The van der Waals surface area contributed by atoms with Crippen LogP contribution in [0.3, 0.4) is 0 Å². The van der Waals surface area contributed by atoms with Crippen LogP contribution in [0.5, 0.6) is 0 Å². The normalized spacial score (nSPS) is 8.91. The number of carbonyl (C=O) groups is 1. The molecule has 2 heteroatoms. The van der Waals surface area contributed by atoms with Crippen LogP contribution in [-0.4, -0.2) is 34.7 Å². The molecule has 11 heavy (non-hydrogen) atoms. The summed E-state index contributed by atoms with van der Waals surface area (Å²) in [7, 11) is 0. The number of carbonyl (C=O) groups excluding carboxylic acids is 1. The van der Waals surface area contributed by atoms with Crippen LogP contribution in [-0.2, 0) is 4.79 Å². The molecule has 0 aliphatic rings. The van der Waals surface area contributed by atoms with E-state index in [1.165, 1.54) is 5.56 Å². The fourth-order valence-corrected chi connectivity index (χ4v) is 1.14. The molecule has 0 amide bonds. The number of hydrogen-bond acceptors (Lipinski definition) is 1. The number of benzene rings is 1. The molecule has 0 bridgehead atoms. The summed E-state index contributed by atoms with van der Waals surface area (Å²) in [6, 6.07) is 10.3. The third kappa shape index (κ3) is 4.96. The average Bonchev–Trinajstić information content (AvgIpc) is 2.11. The summed E-state index contributed by atoms with van der Waals surface area (Å²) < 4.78 is 2.18. The summed E-state index contributed by atoms with van der Waals surface area (Å²) in [5.41, 5.74) is 1.30. The molecule has 1 aromatic rings. The van der Waals surface area contributed by atoms with Crippen LogP contribution in [0.1, 0.15) is 5.56 Å². The van der Waals surface area contributed by atoms with Crippen molar-refractivity contribution in [3.63, 3.8) is 0 Å². The third-order valence-corrected chi connectivity index (χ3v) is 1.49. The van der Waals surface area contributed by atoms with Crippen LogP contribution in [0.15, 0.2) is 33.7 Å². The van der Waals surface area contributed by atoms with Gasteiger partial charge in [-0.25, -0.2) is 0 Å². The first-order valence-corrected chi connectivity index (χ1v) is 4.55. The Morgan fingerprint density at radius 1 is 1.18 bits per heavy atom. The summed E-state index contributed by atoms with van der Waals surface area (Å²) in [5, 5.41) is 0. The summed E-state index contributed by atoms with van der Waals surface area (Å²) >= 11 is 1.14. The topological polar surface area (TPSA) is 17.1 Å². The first-order chi connectivity index (χ1) is 5.43. The van der Waals surface area contributed by atoms with Crippen LogP contribution in [0.2, 0.25) is 0 Å². The van der Waals surface area contributed by atoms with E-state index in [1.807, 2.05) is 12.9 Å². The zero-order chi connectivity index (χ0) is 8.53. The summed E-state index contributed by atoms with van der Waals surface area (Å²) in [4.78, 5) is 8.00. The van der Waals surface area contributed by atoms with Crippen LogP contribution < -0.4 is 0 Å². The van der Waals surface area contributed by atoms with Gasteiger partial charge < -0.3 is 4.79 Å². The van der Waals surface area contributed by atoms with E-state index >= 15 is 0 Å². The summed E-state index contributed by atoms with van der Waals surface area (Å²) in [6.45, 7) is 2.00. The second-order valence-electron chi connectivity index (χ2n) is 1.91. The fraction of sp³-hybridized carbons (Fsp3) is 0. The Morgan fingerprint density at radius 3 is 2.18 bits per heavy atom. The average molecular weight is 156 g/mol. The first kappa shape index (κ1) is 10.6. The Morgan fingerprint density at radius 2 is 1.73 bits per heavy atom. The fourth-order valence-electron chi connectivity index (χ4n) is 0.757. The van der Waals surface area contributed by atoms with Gasteiger partial charge in [0.25, 0.3) is 0 Å². The van der Waals surface area contributed by atoms with E-state index in [-0.39, 0.29) is 0 Å². The molecule has 0 unspecified atom stereocenters. The van der Waals surface area contributed by atoms with Crippen molar-refractivity contribution in [1.82, 2.24) is 0 Å². The minimum absolute atomic E-state index is 1.14. The van der Waals surface area contributed by atoms with Gasteiger partial charge in [-0.1, -0.05) is 0 Å². The number of hydrogen-bond donors (Lipinski definition) is 0. The molecule has 0 saturated heterocycles. The van der Waals surface area contributed by atoms with E-state index in [2.05, 4.69) is 33.7 Å². The molecule has 0 aliphatic carbocycles. The monoisotopic (exact) mass is 156 g/mol. The standard InChI is InChI=1S/C8H7.CH2O.Na/c1-2-8-6-4-3-5-7-8;1-2;/h1-7H;1H2;. The van der Waals surface area contributed by atoms with Crippen LogP contribution in [0.25, 0.3) is 6.08 Å². The first-order valence-electron chi connectivity index (χ1n) is 3.40. The quantitative estimate of drug-likeness (QED) is 0.565. The second kappa shape index (κ2) is 7.73. The van der Waals surface area contributed by atoms with Gasteiger partial charge in [-0.3, -0.25) is 0 Å². The van der Waals surface area contributed by atoms with Crippen LogP contribution in [0, 0.1) is 0 Å². The van der Waals surface area contributed by atoms with Crippen molar-refractivity contribution in [3.8, 4) is 0 Å².